The number of thiophene rings is 2. The Hall–Kier alpha value is -1.63. The number of aliphatic carboxylic acids is 1. The molecule has 3 heterocycles. The van der Waals surface area contributed by atoms with Crippen LogP contribution in [0, 0.1) is 12.8 Å². The van der Waals surface area contributed by atoms with Crippen molar-refractivity contribution in [2.24, 2.45) is 5.92 Å². The number of nitrogens with zero attached hydrogens (tertiary/aromatic N) is 1. The number of piperidine rings is 1. The summed E-state index contributed by atoms with van der Waals surface area (Å²) in [5, 5.41) is 23.4. The minimum Gasteiger partial charge on any atom is -0.506 e. The molecule has 1 atom stereocenters. The van der Waals surface area contributed by atoms with Crippen LogP contribution in [0.4, 0.5) is 0 Å². The first kappa shape index (κ1) is 18.2. The van der Waals surface area contributed by atoms with E-state index < -0.39 is 5.97 Å². The summed E-state index contributed by atoms with van der Waals surface area (Å²) in [6, 6.07) is 3.83. The fraction of sp³-hybridized carbons (Fsp3) is 0.421. The molecule has 0 aliphatic carbocycles. The fourth-order valence-corrected chi connectivity index (χ4v) is 5.17. The summed E-state index contributed by atoms with van der Waals surface area (Å²) < 4.78 is 0. The number of aryl methyl sites for hydroxylation is 1. The number of hydrogen-bond acceptors (Lipinski definition) is 5. The van der Waals surface area contributed by atoms with Crippen molar-refractivity contribution in [2.45, 2.75) is 26.2 Å². The number of likely N-dealkylation sites (tertiary alicyclic amines) is 1. The largest absolute Gasteiger partial charge is 0.506 e. The van der Waals surface area contributed by atoms with Crippen LogP contribution >= 0.6 is 22.7 Å². The highest BCUT2D eigenvalue weighted by Crippen LogP contribution is 2.38. The van der Waals surface area contributed by atoms with Crippen molar-refractivity contribution in [3.63, 3.8) is 0 Å². The molecule has 0 bridgehead atoms. The highest BCUT2D eigenvalue weighted by Gasteiger charge is 2.24. The number of hydrogen-bond donors (Lipinski definition) is 2. The first-order valence-corrected chi connectivity index (χ1v) is 10.3. The molecular weight excluding hydrogens is 354 g/mol. The lowest BCUT2D eigenvalue weighted by molar-refractivity contribution is -0.143. The lowest BCUT2D eigenvalue weighted by Gasteiger charge is -2.30. The lowest BCUT2D eigenvalue weighted by atomic mass is 9.98. The molecule has 2 aromatic heterocycles. The van der Waals surface area contributed by atoms with Crippen molar-refractivity contribution in [1.29, 1.82) is 0 Å². The van der Waals surface area contributed by atoms with Crippen molar-refractivity contribution in [2.75, 3.05) is 19.6 Å². The molecule has 4 nitrogen and oxygen atoms in total. The molecule has 134 valence electrons. The van der Waals surface area contributed by atoms with Gasteiger partial charge in [-0.05, 0) is 61.2 Å². The number of carbonyl (C=O) groups is 1. The summed E-state index contributed by atoms with van der Waals surface area (Å²) in [6.45, 7) is 4.55. The third kappa shape index (κ3) is 4.32. The summed E-state index contributed by atoms with van der Waals surface area (Å²) in [6.07, 6.45) is 4.76. The second-order valence-electron chi connectivity index (χ2n) is 6.45. The van der Waals surface area contributed by atoms with E-state index in [4.69, 9.17) is 0 Å². The number of aromatic hydroxyl groups is 1. The van der Waals surface area contributed by atoms with Crippen LogP contribution < -0.4 is 0 Å². The molecule has 1 fully saturated rings. The molecule has 25 heavy (non-hydrogen) atoms. The number of carboxylic acids is 1. The zero-order valence-corrected chi connectivity index (χ0v) is 15.9. The molecule has 0 amide bonds. The van der Waals surface area contributed by atoms with E-state index in [1.807, 2.05) is 5.38 Å². The predicted octanol–water partition coefficient (Wildman–Crippen LogP) is 4.44. The SMILES string of the molecule is Cc1ccsc1/C(=C/CCN1CCCC(C(=O)O)C1)c1sccc1O. The van der Waals surface area contributed by atoms with Crippen LogP contribution in [-0.4, -0.2) is 40.7 Å². The van der Waals surface area contributed by atoms with Gasteiger partial charge >= 0.3 is 5.97 Å². The van der Waals surface area contributed by atoms with Crippen LogP contribution in [0.3, 0.4) is 0 Å². The van der Waals surface area contributed by atoms with Crippen molar-refractivity contribution in [3.05, 3.63) is 44.3 Å². The Morgan fingerprint density at radius 1 is 1.32 bits per heavy atom. The zero-order chi connectivity index (χ0) is 17.8. The van der Waals surface area contributed by atoms with Crippen molar-refractivity contribution >= 4 is 34.2 Å². The molecule has 0 saturated carbocycles. The Kier molecular flexibility index (Phi) is 5.93. The van der Waals surface area contributed by atoms with Crippen LogP contribution in [0.5, 0.6) is 5.75 Å². The van der Waals surface area contributed by atoms with Crippen molar-refractivity contribution < 1.29 is 15.0 Å². The Morgan fingerprint density at radius 3 is 2.72 bits per heavy atom. The average Bonchev–Trinajstić information content (AvgIpc) is 3.21. The van der Waals surface area contributed by atoms with Gasteiger partial charge in [0.05, 0.1) is 10.8 Å². The second-order valence-corrected chi connectivity index (χ2v) is 8.28. The monoisotopic (exact) mass is 377 g/mol. The van der Waals surface area contributed by atoms with Gasteiger partial charge in [-0.3, -0.25) is 4.79 Å². The third-order valence-corrected chi connectivity index (χ3v) is 6.63. The zero-order valence-electron chi connectivity index (χ0n) is 14.3. The van der Waals surface area contributed by atoms with E-state index in [1.54, 1.807) is 28.7 Å². The van der Waals surface area contributed by atoms with Gasteiger partial charge in [0.2, 0.25) is 0 Å². The predicted molar refractivity (Wildman–Crippen MR) is 104 cm³/mol. The van der Waals surface area contributed by atoms with Gasteiger partial charge in [0.1, 0.15) is 5.75 Å². The second kappa shape index (κ2) is 8.17. The van der Waals surface area contributed by atoms with Crippen molar-refractivity contribution in [1.82, 2.24) is 4.90 Å². The van der Waals surface area contributed by atoms with Crippen LogP contribution in [-0.2, 0) is 4.79 Å². The first-order valence-electron chi connectivity index (χ1n) is 8.53. The van der Waals surface area contributed by atoms with E-state index in [1.165, 1.54) is 10.4 Å². The van der Waals surface area contributed by atoms with Gasteiger partial charge in [-0.25, -0.2) is 0 Å². The summed E-state index contributed by atoms with van der Waals surface area (Å²) in [4.78, 5) is 15.6. The van der Waals surface area contributed by atoms with Crippen LogP contribution in [0.1, 0.15) is 34.6 Å². The van der Waals surface area contributed by atoms with Crippen LogP contribution in [0.2, 0.25) is 0 Å². The van der Waals surface area contributed by atoms with Gasteiger partial charge in [0.15, 0.2) is 0 Å². The molecule has 3 rings (SSSR count). The van der Waals surface area contributed by atoms with E-state index in [9.17, 15) is 15.0 Å². The molecule has 1 aliphatic heterocycles. The molecule has 2 N–H and O–H groups in total. The molecule has 1 aliphatic rings. The highest BCUT2D eigenvalue weighted by molar-refractivity contribution is 7.14. The van der Waals surface area contributed by atoms with E-state index in [0.717, 1.165) is 42.8 Å². The minimum absolute atomic E-state index is 0.238. The summed E-state index contributed by atoms with van der Waals surface area (Å²) in [7, 11) is 0. The Bertz CT molecular complexity index is 720. The Morgan fingerprint density at radius 2 is 2.08 bits per heavy atom. The van der Waals surface area contributed by atoms with Crippen LogP contribution in [0.25, 0.3) is 5.57 Å². The number of carboxylic acid groups (broad SMARTS) is 1. The molecule has 0 aromatic carbocycles. The molecule has 0 spiro atoms. The Labute approximate surface area is 156 Å². The minimum atomic E-state index is -0.682. The fourth-order valence-electron chi connectivity index (χ4n) is 3.29. The van der Waals surface area contributed by atoms with Gasteiger partial charge in [0.25, 0.3) is 0 Å². The molecule has 2 aromatic rings. The highest BCUT2D eigenvalue weighted by atomic mass is 32.1. The van der Waals surface area contributed by atoms with Crippen LogP contribution in [0.15, 0.2) is 29.0 Å². The quantitative estimate of drug-likeness (QED) is 0.781. The molecule has 6 heteroatoms. The standard InChI is InChI=1S/C19H23NO3S2/c1-13-6-10-24-17(13)15(18-16(21)7-11-25-18)5-3-9-20-8-2-4-14(12-20)19(22)23/h5-7,10-11,14,21H,2-4,8-9,12H2,1H3,(H,22,23)/b15-5-. The molecule has 1 saturated heterocycles. The first-order chi connectivity index (χ1) is 12.1. The van der Waals surface area contributed by atoms with E-state index in [2.05, 4.69) is 29.3 Å². The van der Waals surface area contributed by atoms with Crippen molar-refractivity contribution in [3.8, 4) is 5.75 Å². The summed E-state index contributed by atoms with van der Waals surface area (Å²) >= 11 is 3.24. The molecular formula is C19H23NO3S2. The van der Waals surface area contributed by atoms with Gasteiger partial charge in [-0.15, -0.1) is 22.7 Å². The van der Waals surface area contributed by atoms with E-state index >= 15 is 0 Å². The maximum Gasteiger partial charge on any atom is 0.307 e. The maximum atomic E-state index is 11.2. The number of rotatable bonds is 6. The normalized spacial score (nSPS) is 19.2. The topological polar surface area (TPSA) is 60.8 Å². The maximum absolute atomic E-state index is 11.2. The Balaban J connectivity index is 1.73. The molecule has 1 unspecified atom stereocenters. The van der Waals surface area contributed by atoms with E-state index in [-0.39, 0.29) is 5.92 Å². The lowest BCUT2D eigenvalue weighted by Crippen LogP contribution is -2.39. The average molecular weight is 378 g/mol. The smallest absolute Gasteiger partial charge is 0.307 e. The summed E-state index contributed by atoms with van der Waals surface area (Å²) in [5.74, 6) is -0.593. The molecule has 0 radical (unpaired) electrons. The van der Waals surface area contributed by atoms with E-state index in [0.29, 0.717) is 12.3 Å². The van der Waals surface area contributed by atoms with Gasteiger partial charge < -0.3 is 15.1 Å². The third-order valence-electron chi connectivity index (χ3n) is 4.64. The van der Waals surface area contributed by atoms with Gasteiger partial charge in [0, 0.05) is 23.5 Å². The van der Waals surface area contributed by atoms with Gasteiger partial charge in [-0.1, -0.05) is 6.08 Å². The summed E-state index contributed by atoms with van der Waals surface area (Å²) in [5.41, 5.74) is 2.31. The van der Waals surface area contributed by atoms with Gasteiger partial charge in [-0.2, -0.15) is 0 Å².